The Bertz CT molecular complexity index is 367. The van der Waals surface area contributed by atoms with E-state index in [9.17, 15) is 4.79 Å². The average Bonchev–Trinajstić information content (AvgIpc) is 2.17. The summed E-state index contributed by atoms with van der Waals surface area (Å²) in [5, 5.41) is 0. The molecule has 1 aromatic rings. The van der Waals surface area contributed by atoms with Gasteiger partial charge in [0.2, 0.25) is 0 Å². The average molecular weight is 206 g/mol. The maximum Gasteiger partial charge on any atom is 0.166 e. The number of carbonyl (C=O) groups is 1. The van der Waals surface area contributed by atoms with E-state index in [1.165, 1.54) is 0 Å². The number of carbonyl (C=O) groups excluding carboxylic acids is 1. The number of ether oxygens (including phenoxy) is 1. The van der Waals surface area contributed by atoms with E-state index in [0.717, 1.165) is 28.9 Å². The van der Waals surface area contributed by atoms with Gasteiger partial charge < -0.3 is 4.74 Å². The second kappa shape index (κ2) is 4.96. The lowest BCUT2D eigenvalue weighted by atomic mass is 10.00. The molecule has 0 aliphatic heterocycles. The molecule has 0 aliphatic carbocycles. The Hall–Kier alpha value is -1.31. The molecule has 1 rings (SSSR count). The number of Topliss-reactive ketones (excluding diaryl/α,β-unsaturated/α-hetero) is 1. The minimum absolute atomic E-state index is 0.168. The van der Waals surface area contributed by atoms with Crippen LogP contribution >= 0.6 is 0 Å². The summed E-state index contributed by atoms with van der Waals surface area (Å²) in [5.74, 6) is 0.889. The van der Waals surface area contributed by atoms with Crippen LogP contribution in [0.5, 0.6) is 5.75 Å². The van der Waals surface area contributed by atoms with Crippen LogP contribution in [0.25, 0.3) is 0 Å². The first-order valence-corrected chi connectivity index (χ1v) is 5.28. The Balaban J connectivity index is 3.20. The van der Waals surface area contributed by atoms with Crippen molar-refractivity contribution in [2.24, 2.45) is 0 Å². The Morgan fingerprint density at radius 1 is 1.33 bits per heavy atom. The van der Waals surface area contributed by atoms with Crippen LogP contribution in [0.15, 0.2) is 12.1 Å². The molecule has 0 unspecified atom stereocenters. The highest BCUT2D eigenvalue weighted by Crippen LogP contribution is 2.26. The third kappa shape index (κ3) is 2.58. The van der Waals surface area contributed by atoms with Gasteiger partial charge in [0.15, 0.2) is 5.78 Å². The Morgan fingerprint density at radius 2 is 2.00 bits per heavy atom. The monoisotopic (exact) mass is 206 g/mol. The Morgan fingerprint density at radius 3 is 2.53 bits per heavy atom. The van der Waals surface area contributed by atoms with E-state index in [1.54, 1.807) is 7.11 Å². The zero-order chi connectivity index (χ0) is 11.4. The minimum atomic E-state index is 0.168. The first-order valence-electron chi connectivity index (χ1n) is 5.28. The van der Waals surface area contributed by atoms with Gasteiger partial charge in [0, 0.05) is 6.42 Å². The Kier molecular flexibility index (Phi) is 3.89. The molecule has 1 aromatic carbocycles. The van der Waals surface area contributed by atoms with Gasteiger partial charge in [-0.3, -0.25) is 4.79 Å². The summed E-state index contributed by atoms with van der Waals surface area (Å²) in [7, 11) is 1.61. The second-order valence-corrected chi connectivity index (χ2v) is 3.84. The van der Waals surface area contributed by atoms with Gasteiger partial charge in [-0.15, -0.1) is 0 Å². The number of methoxy groups -OCH3 is 1. The van der Waals surface area contributed by atoms with Gasteiger partial charge in [-0.1, -0.05) is 13.0 Å². The minimum Gasteiger partial charge on any atom is -0.496 e. The third-order valence-corrected chi connectivity index (χ3v) is 2.40. The summed E-state index contributed by atoms with van der Waals surface area (Å²) in [6.45, 7) is 5.97. The lowest BCUT2D eigenvalue weighted by Gasteiger charge is -2.11. The van der Waals surface area contributed by atoms with Crippen LogP contribution in [0.1, 0.15) is 41.3 Å². The van der Waals surface area contributed by atoms with Crippen molar-refractivity contribution in [2.45, 2.75) is 33.6 Å². The van der Waals surface area contributed by atoms with Crippen molar-refractivity contribution in [1.82, 2.24) is 0 Å². The largest absolute Gasteiger partial charge is 0.496 e. The molecular weight excluding hydrogens is 188 g/mol. The first kappa shape index (κ1) is 11.8. The fraction of sp³-hybridized carbons (Fsp3) is 0.462. The number of hydrogen-bond acceptors (Lipinski definition) is 2. The predicted octanol–water partition coefficient (Wildman–Crippen LogP) is 3.29. The summed E-state index contributed by atoms with van der Waals surface area (Å²) in [6, 6.07) is 3.94. The van der Waals surface area contributed by atoms with Crippen LogP contribution in [-0.4, -0.2) is 12.9 Å². The van der Waals surface area contributed by atoms with Crippen LogP contribution in [0.2, 0.25) is 0 Å². The summed E-state index contributed by atoms with van der Waals surface area (Å²) < 4.78 is 5.28. The van der Waals surface area contributed by atoms with E-state index in [1.807, 2.05) is 32.9 Å². The molecule has 0 radical (unpaired) electrons. The van der Waals surface area contributed by atoms with Crippen molar-refractivity contribution in [3.05, 3.63) is 28.8 Å². The molecule has 0 atom stereocenters. The standard InChI is InChI=1S/C13H18O2/c1-5-6-12(14)11-8-9(2)7-10(3)13(11)15-4/h7-8H,5-6H2,1-4H3. The van der Waals surface area contributed by atoms with E-state index >= 15 is 0 Å². The molecule has 0 saturated heterocycles. The summed E-state index contributed by atoms with van der Waals surface area (Å²) in [5.41, 5.74) is 2.85. The number of hydrogen-bond donors (Lipinski definition) is 0. The first-order chi connectivity index (χ1) is 7.10. The van der Waals surface area contributed by atoms with Crippen LogP contribution < -0.4 is 4.74 Å². The molecule has 2 heteroatoms. The Labute approximate surface area is 91.3 Å². The van der Waals surface area contributed by atoms with E-state index in [0.29, 0.717) is 6.42 Å². The SMILES string of the molecule is CCCC(=O)c1cc(C)cc(C)c1OC. The van der Waals surface area contributed by atoms with Crippen molar-refractivity contribution >= 4 is 5.78 Å². The molecule has 15 heavy (non-hydrogen) atoms. The molecule has 82 valence electrons. The second-order valence-electron chi connectivity index (χ2n) is 3.84. The number of benzene rings is 1. The number of ketones is 1. The summed E-state index contributed by atoms with van der Waals surface area (Å²) >= 11 is 0. The van der Waals surface area contributed by atoms with Crippen molar-refractivity contribution in [2.75, 3.05) is 7.11 Å². The van der Waals surface area contributed by atoms with Crippen molar-refractivity contribution in [1.29, 1.82) is 0 Å². The van der Waals surface area contributed by atoms with E-state index in [2.05, 4.69) is 0 Å². The highest BCUT2D eigenvalue weighted by molar-refractivity contribution is 5.99. The maximum atomic E-state index is 11.8. The van der Waals surface area contributed by atoms with Gasteiger partial charge in [-0.05, 0) is 37.5 Å². The van der Waals surface area contributed by atoms with E-state index < -0.39 is 0 Å². The molecule has 2 nitrogen and oxygen atoms in total. The topological polar surface area (TPSA) is 26.3 Å². The molecule has 0 N–H and O–H groups in total. The van der Waals surface area contributed by atoms with Crippen molar-refractivity contribution < 1.29 is 9.53 Å². The molecule has 0 bridgehead atoms. The fourth-order valence-electron chi connectivity index (χ4n) is 1.79. The quantitative estimate of drug-likeness (QED) is 0.706. The van der Waals surface area contributed by atoms with Crippen LogP contribution in [0.4, 0.5) is 0 Å². The molecule has 0 aromatic heterocycles. The van der Waals surface area contributed by atoms with Gasteiger partial charge >= 0.3 is 0 Å². The van der Waals surface area contributed by atoms with Gasteiger partial charge in [0.05, 0.1) is 12.7 Å². The smallest absolute Gasteiger partial charge is 0.166 e. The predicted molar refractivity (Wildman–Crippen MR) is 61.7 cm³/mol. The van der Waals surface area contributed by atoms with Gasteiger partial charge in [0.1, 0.15) is 5.75 Å². The van der Waals surface area contributed by atoms with Crippen LogP contribution in [0.3, 0.4) is 0 Å². The highest BCUT2D eigenvalue weighted by Gasteiger charge is 2.13. The zero-order valence-electron chi connectivity index (χ0n) is 9.89. The van der Waals surface area contributed by atoms with Gasteiger partial charge in [-0.2, -0.15) is 0 Å². The molecular formula is C13H18O2. The maximum absolute atomic E-state index is 11.8. The lowest BCUT2D eigenvalue weighted by molar-refractivity contribution is 0.0978. The zero-order valence-corrected chi connectivity index (χ0v) is 9.89. The van der Waals surface area contributed by atoms with Gasteiger partial charge in [0.25, 0.3) is 0 Å². The number of aryl methyl sites for hydroxylation is 2. The third-order valence-electron chi connectivity index (χ3n) is 2.40. The van der Waals surface area contributed by atoms with Gasteiger partial charge in [-0.25, -0.2) is 0 Å². The van der Waals surface area contributed by atoms with Crippen LogP contribution in [0, 0.1) is 13.8 Å². The molecule has 0 amide bonds. The molecule has 0 saturated carbocycles. The molecule has 0 spiro atoms. The highest BCUT2D eigenvalue weighted by atomic mass is 16.5. The van der Waals surface area contributed by atoms with E-state index in [-0.39, 0.29) is 5.78 Å². The van der Waals surface area contributed by atoms with E-state index in [4.69, 9.17) is 4.74 Å². The molecule has 0 aliphatic rings. The summed E-state index contributed by atoms with van der Waals surface area (Å²) in [6.07, 6.45) is 1.45. The normalized spacial score (nSPS) is 10.1. The lowest BCUT2D eigenvalue weighted by Crippen LogP contribution is -2.03. The molecule has 0 heterocycles. The number of rotatable bonds is 4. The van der Waals surface area contributed by atoms with Crippen LogP contribution in [-0.2, 0) is 0 Å². The fourth-order valence-corrected chi connectivity index (χ4v) is 1.79. The molecule has 0 fully saturated rings. The summed E-state index contributed by atoms with van der Waals surface area (Å²) in [4.78, 5) is 11.8. The van der Waals surface area contributed by atoms with Crippen molar-refractivity contribution in [3.63, 3.8) is 0 Å². The van der Waals surface area contributed by atoms with Crippen molar-refractivity contribution in [3.8, 4) is 5.75 Å².